The van der Waals surface area contributed by atoms with Gasteiger partial charge in [-0.1, -0.05) is 13.8 Å². The lowest BCUT2D eigenvalue weighted by Crippen LogP contribution is -2.42. The summed E-state index contributed by atoms with van der Waals surface area (Å²) in [7, 11) is 0. The maximum Gasteiger partial charge on any atom is 0.326 e. The average molecular weight is 302 g/mol. The second kappa shape index (κ2) is 10.1. The molecule has 7 heteroatoms. The first-order chi connectivity index (χ1) is 9.76. The summed E-state index contributed by atoms with van der Waals surface area (Å²) in [5.41, 5.74) is 5.61. The quantitative estimate of drug-likeness (QED) is 0.447. The summed E-state index contributed by atoms with van der Waals surface area (Å²) in [6, 6.07) is -1.05. The van der Waals surface area contributed by atoms with E-state index in [-0.39, 0.29) is 37.5 Å². The van der Waals surface area contributed by atoms with Crippen molar-refractivity contribution in [1.29, 1.82) is 0 Å². The zero-order valence-electron chi connectivity index (χ0n) is 12.7. The molecular formula is C14H26N2O5. The molecule has 0 saturated heterocycles. The van der Waals surface area contributed by atoms with Crippen LogP contribution in [0.3, 0.4) is 0 Å². The van der Waals surface area contributed by atoms with E-state index in [9.17, 15) is 14.4 Å². The molecule has 2 atom stereocenters. The molecule has 0 aromatic heterocycles. The Hall–Kier alpha value is -1.63. The van der Waals surface area contributed by atoms with E-state index < -0.39 is 18.0 Å². The highest BCUT2D eigenvalue weighted by molar-refractivity contribution is 5.83. The molecule has 0 saturated carbocycles. The SMILES string of the molecule is CC(C)C[C@H](CN)CC(=O)N[C@H](CCCC(=O)O)C(=O)O. The minimum Gasteiger partial charge on any atom is -0.481 e. The fourth-order valence-corrected chi connectivity index (χ4v) is 2.16. The number of aliphatic carboxylic acids is 2. The second-order valence-electron chi connectivity index (χ2n) is 5.68. The monoisotopic (exact) mass is 302 g/mol. The van der Waals surface area contributed by atoms with Crippen LogP contribution in [0.1, 0.15) is 46.0 Å². The van der Waals surface area contributed by atoms with Crippen molar-refractivity contribution < 1.29 is 24.6 Å². The normalized spacial score (nSPS) is 13.7. The van der Waals surface area contributed by atoms with Gasteiger partial charge in [-0.3, -0.25) is 9.59 Å². The van der Waals surface area contributed by atoms with Crippen LogP contribution in [0.4, 0.5) is 0 Å². The maximum atomic E-state index is 11.9. The molecule has 0 aliphatic heterocycles. The molecule has 0 bridgehead atoms. The lowest BCUT2D eigenvalue weighted by atomic mass is 9.94. The summed E-state index contributed by atoms with van der Waals surface area (Å²) in [4.78, 5) is 33.3. The van der Waals surface area contributed by atoms with Gasteiger partial charge < -0.3 is 21.3 Å². The van der Waals surface area contributed by atoms with Gasteiger partial charge in [0.2, 0.25) is 5.91 Å². The summed E-state index contributed by atoms with van der Waals surface area (Å²) < 4.78 is 0. The van der Waals surface area contributed by atoms with E-state index in [0.717, 1.165) is 6.42 Å². The van der Waals surface area contributed by atoms with Crippen LogP contribution in [0.15, 0.2) is 0 Å². The lowest BCUT2D eigenvalue weighted by molar-refractivity contribution is -0.142. The van der Waals surface area contributed by atoms with Gasteiger partial charge in [-0.05, 0) is 37.6 Å². The Morgan fingerprint density at radius 1 is 1.19 bits per heavy atom. The number of amides is 1. The van der Waals surface area contributed by atoms with Crippen molar-refractivity contribution in [1.82, 2.24) is 5.32 Å². The van der Waals surface area contributed by atoms with Crippen LogP contribution in [-0.4, -0.2) is 40.6 Å². The minimum atomic E-state index is -1.15. The van der Waals surface area contributed by atoms with E-state index in [1.165, 1.54) is 0 Å². The Bertz CT molecular complexity index is 357. The van der Waals surface area contributed by atoms with Crippen molar-refractivity contribution in [2.24, 2.45) is 17.6 Å². The van der Waals surface area contributed by atoms with E-state index >= 15 is 0 Å². The van der Waals surface area contributed by atoms with Crippen molar-refractivity contribution in [2.45, 2.75) is 52.0 Å². The third kappa shape index (κ3) is 9.84. The van der Waals surface area contributed by atoms with Crippen LogP contribution in [0, 0.1) is 11.8 Å². The summed E-state index contributed by atoms with van der Waals surface area (Å²) in [5.74, 6) is -2.04. The number of hydrogen-bond acceptors (Lipinski definition) is 4. The maximum absolute atomic E-state index is 11.9. The van der Waals surface area contributed by atoms with Crippen molar-refractivity contribution in [3.8, 4) is 0 Å². The Morgan fingerprint density at radius 3 is 2.24 bits per heavy atom. The zero-order chi connectivity index (χ0) is 16.4. The van der Waals surface area contributed by atoms with Gasteiger partial charge in [-0.15, -0.1) is 0 Å². The highest BCUT2D eigenvalue weighted by Gasteiger charge is 2.22. The number of rotatable bonds is 11. The number of carbonyl (C=O) groups is 3. The highest BCUT2D eigenvalue weighted by Crippen LogP contribution is 2.14. The van der Waals surface area contributed by atoms with E-state index in [2.05, 4.69) is 5.32 Å². The van der Waals surface area contributed by atoms with Gasteiger partial charge in [0.15, 0.2) is 0 Å². The first kappa shape index (κ1) is 19.4. The third-order valence-corrected chi connectivity index (χ3v) is 3.13. The first-order valence-corrected chi connectivity index (χ1v) is 7.20. The molecule has 0 aliphatic carbocycles. The number of nitrogens with one attached hydrogen (secondary N) is 1. The van der Waals surface area contributed by atoms with Crippen LogP contribution in [0.25, 0.3) is 0 Å². The van der Waals surface area contributed by atoms with Gasteiger partial charge in [-0.2, -0.15) is 0 Å². The van der Waals surface area contributed by atoms with Crippen LogP contribution in [0.5, 0.6) is 0 Å². The van der Waals surface area contributed by atoms with Gasteiger partial charge >= 0.3 is 11.9 Å². The van der Waals surface area contributed by atoms with Gasteiger partial charge in [0.25, 0.3) is 0 Å². The third-order valence-electron chi connectivity index (χ3n) is 3.13. The topological polar surface area (TPSA) is 130 Å². The van der Waals surface area contributed by atoms with Crippen LogP contribution < -0.4 is 11.1 Å². The van der Waals surface area contributed by atoms with Crippen molar-refractivity contribution in [3.63, 3.8) is 0 Å². The van der Waals surface area contributed by atoms with Gasteiger partial charge in [0.1, 0.15) is 6.04 Å². The zero-order valence-corrected chi connectivity index (χ0v) is 12.7. The van der Waals surface area contributed by atoms with Gasteiger partial charge in [-0.25, -0.2) is 4.79 Å². The predicted octanol–water partition coefficient (Wildman–Crippen LogP) is 0.822. The standard InChI is InChI=1S/C14H26N2O5/c1-9(2)6-10(8-15)7-12(17)16-11(14(20)21)4-3-5-13(18)19/h9-11H,3-8,15H2,1-2H3,(H,16,17)(H,18,19)(H,20,21)/t10-,11+/m0/s1. The molecule has 0 spiro atoms. The number of carboxylic acid groups (broad SMARTS) is 2. The smallest absolute Gasteiger partial charge is 0.326 e. The molecule has 1 amide bonds. The molecule has 5 N–H and O–H groups in total. The molecule has 0 aromatic carbocycles. The fraction of sp³-hybridized carbons (Fsp3) is 0.786. The largest absolute Gasteiger partial charge is 0.481 e. The average Bonchev–Trinajstić information content (AvgIpc) is 2.35. The lowest BCUT2D eigenvalue weighted by Gasteiger charge is -2.19. The van der Waals surface area contributed by atoms with Crippen molar-refractivity contribution >= 4 is 17.8 Å². The molecule has 0 unspecified atom stereocenters. The van der Waals surface area contributed by atoms with Gasteiger partial charge in [0, 0.05) is 12.8 Å². The molecule has 0 heterocycles. The van der Waals surface area contributed by atoms with Crippen LogP contribution in [-0.2, 0) is 14.4 Å². The first-order valence-electron chi connectivity index (χ1n) is 7.20. The van der Waals surface area contributed by atoms with E-state index in [4.69, 9.17) is 15.9 Å². The summed E-state index contributed by atoms with van der Waals surface area (Å²) in [5, 5.41) is 20.0. The molecule has 7 nitrogen and oxygen atoms in total. The van der Waals surface area contributed by atoms with Crippen LogP contribution in [0.2, 0.25) is 0 Å². The molecule has 122 valence electrons. The van der Waals surface area contributed by atoms with E-state index in [0.29, 0.717) is 12.5 Å². The molecule has 0 fully saturated rings. The van der Waals surface area contributed by atoms with E-state index in [1.54, 1.807) is 0 Å². The highest BCUT2D eigenvalue weighted by atomic mass is 16.4. The van der Waals surface area contributed by atoms with Crippen molar-refractivity contribution in [2.75, 3.05) is 6.54 Å². The molecule has 21 heavy (non-hydrogen) atoms. The van der Waals surface area contributed by atoms with E-state index in [1.807, 2.05) is 13.8 Å². The Labute approximate surface area is 124 Å². The second-order valence-corrected chi connectivity index (χ2v) is 5.68. The molecule has 0 aliphatic rings. The van der Waals surface area contributed by atoms with Gasteiger partial charge in [0.05, 0.1) is 0 Å². The Balaban J connectivity index is 4.33. The number of carbonyl (C=O) groups excluding carboxylic acids is 1. The number of nitrogens with two attached hydrogens (primary N) is 1. The fourth-order valence-electron chi connectivity index (χ4n) is 2.16. The summed E-state index contributed by atoms with van der Waals surface area (Å²) in [6.07, 6.45) is 1.19. The molecule has 0 rings (SSSR count). The Morgan fingerprint density at radius 2 is 1.81 bits per heavy atom. The predicted molar refractivity (Wildman–Crippen MR) is 77.7 cm³/mol. The van der Waals surface area contributed by atoms with Crippen LogP contribution >= 0.6 is 0 Å². The Kier molecular flexibility index (Phi) is 9.36. The van der Waals surface area contributed by atoms with Crippen molar-refractivity contribution in [3.05, 3.63) is 0 Å². The molecule has 0 aromatic rings. The number of carboxylic acids is 2. The summed E-state index contributed by atoms with van der Waals surface area (Å²) in [6.45, 7) is 4.45. The molecular weight excluding hydrogens is 276 g/mol. The number of hydrogen-bond donors (Lipinski definition) is 4. The minimum absolute atomic E-state index is 0.0264. The summed E-state index contributed by atoms with van der Waals surface area (Å²) >= 11 is 0. The molecule has 0 radical (unpaired) electrons.